The van der Waals surface area contributed by atoms with Gasteiger partial charge in [-0.2, -0.15) is 0 Å². The predicted molar refractivity (Wildman–Crippen MR) is 97.6 cm³/mol. The number of benzene rings is 1. The molecule has 0 saturated carbocycles. The molecule has 0 bridgehead atoms. The van der Waals surface area contributed by atoms with E-state index in [1.165, 1.54) is 0 Å². The van der Waals surface area contributed by atoms with E-state index in [9.17, 15) is 14.4 Å². The van der Waals surface area contributed by atoms with Crippen molar-refractivity contribution in [3.8, 4) is 0 Å². The number of carbonyl (C=O) groups excluding carboxylic acids is 3. The van der Waals surface area contributed by atoms with Crippen LogP contribution < -0.4 is 0 Å². The molecule has 0 unspecified atom stereocenters. The van der Waals surface area contributed by atoms with Gasteiger partial charge in [-0.1, -0.05) is 23.7 Å². The van der Waals surface area contributed by atoms with Crippen LogP contribution in [0.25, 0.3) is 11.0 Å². The molecule has 0 N–H and O–H groups in total. The fraction of sp³-hybridized carbons (Fsp3) is 0.421. The highest BCUT2D eigenvalue weighted by molar-refractivity contribution is 6.35. The number of rotatable bonds is 8. The van der Waals surface area contributed by atoms with Crippen molar-refractivity contribution >= 4 is 40.5 Å². The van der Waals surface area contributed by atoms with Crippen molar-refractivity contribution < 1.29 is 33.0 Å². The summed E-state index contributed by atoms with van der Waals surface area (Å²) in [7, 11) is 0. The Kier molecular flexibility index (Phi) is 7.24. The van der Waals surface area contributed by atoms with E-state index < -0.39 is 23.8 Å². The van der Waals surface area contributed by atoms with Crippen LogP contribution in [-0.2, 0) is 30.2 Å². The van der Waals surface area contributed by atoms with E-state index in [2.05, 4.69) is 0 Å². The molecule has 0 radical (unpaired) electrons. The zero-order valence-electron chi connectivity index (χ0n) is 15.4. The fourth-order valence-electron chi connectivity index (χ4n) is 2.65. The van der Waals surface area contributed by atoms with Crippen LogP contribution in [0.5, 0.6) is 0 Å². The minimum atomic E-state index is -1.24. The van der Waals surface area contributed by atoms with Gasteiger partial charge in [0.05, 0.1) is 24.8 Å². The smallest absolute Gasteiger partial charge is 0.374 e. The largest absolute Gasteiger partial charge is 0.465 e. The molecule has 2 aromatic rings. The SMILES string of the molecule is CCOC(=O)c1oc2c(Cl)cccc2c1CC(C(=O)OCC)C(=O)OCC. The first-order valence-corrected chi connectivity index (χ1v) is 9.02. The number of ether oxygens (including phenoxy) is 3. The van der Waals surface area contributed by atoms with Crippen molar-refractivity contribution in [2.24, 2.45) is 5.92 Å². The maximum atomic E-state index is 12.3. The molecule has 27 heavy (non-hydrogen) atoms. The zero-order valence-corrected chi connectivity index (χ0v) is 16.1. The Labute approximate surface area is 161 Å². The quantitative estimate of drug-likeness (QED) is 0.382. The van der Waals surface area contributed by atoms with E-state index in [0.717, 1.165) is 0 Å². The molecule has 0 aliphatic carbocycles. The van der Waals surface area contributed by atoms with Crippen molar-refractivity contribution in [1.29, 1.82) is 0 Å². The van der Waals surface area contributed by atoms with Gasteiger partial charge in [0, 0.05) is 17.4 Å². The van der Waals surface area contributed by atoms with Crippen molar-refractivity contribution in [2.45, 2.75) is 27.2 Å². The molecule has 1 aromatic heterocycles. The molecule has 0 saturated heterocycles. The molecule has 0 aliphatic heterocycles. The molecule has 2 rings (SSSR count). The molecular weight excluding hydrogens is 376 g/mol. The van der Waals surface area contributed by atoms with Crippen molar-refractivity contribution in [3.63, 3.8) is 0 Å². The Balaban J connectivity index is 2.54. The Bertz CT molecular complexity index is 822. The summed E-state index contributed by atoms with van der Waals surface area (Å²) >= 11 is 6.16. The lowest BCUT2D eigenvalue weighted by Crippen LogP contribution is -2.30. The number of furan rings is 1. The Morgan fingerprint density at radius 2 is 1.59 bits per heavy atom. The summed E-state index contributed by atoms with van der Waals surface area (Å²) in [6.45, 7) is 5.29. The minimum absolute atomic E-state index is 0.0986. The molecule has 0 aliphatic rings. The normalized spacial score (nSPS) is 10.9. The van der Waals surface area contributed by atoms with Crippen molar-refractivity contribution in [1.82, 2.24) is 0 Å². The molecule has 0 spiro atoms. The third-order valence-electron chi connectivity index (χ3n) is 3.78. The highest BCUT2D eigenvalue weighted by Gasteiger charge is 2.34. The van der Waals surface area contributed by atoms with Gasteiger partial charge in [0.25, 0.3) is 0 Å². The van der Waals surface area contributed by atoms with E-state index in [1.807, 2.05) is 0 Å². The summed E-state index contributed by atoms with van der Waals surface area (Å²) in [6, 6.07) is 4.98. The lowest BCUT2D eigenvalue weighted by molar-refractivity contribution is -0.161. The zero-order chi connectivity index (χ0) is 20.0. The number of hydrogen-bond donors (Lipinski definition) is 0. The number of hydrogen-bond acceptors (Lipinski definition) is 7. The Morgan fingerprint density at radius 1 is 1.00 bits per heavy atom. The van der Waals surface area contributed by atoms with Crippen molar-refractivity contribution in [3.05, 3.63) is 34.5 Å². The van der Waals surface area contributed by atoms with Gasteiger partial charge in [-0.15, -0.1) is 0 Å². The number of esters is 3. The maximum Gasteiger partial charge on any atom is 0.374 e. The second-order valence-electron chi connectivity index (χ2n) is 5.51. The van der Waals surface area contributed by atoms with Crippen LogP contribution in [0.1, 0.15) is 36.9 Å². The highest BCUT2D eigenvalue weighted by Crippen LogP contribution is 2.33. The van der Waals surface area contributed by atoms with Crippen LogP contribution >= 0.6 is 11.6 Å². The number of carbonyl (C=O) groups is 3. The van der Waals surface area contributed by atoms with Crippen molar-refractivity contribution in [2.75, 3.05) is 19.8 Å². The van der Waals surface area contributed by atoms with Gasteiger partial charge >= 0.3 is 17.9 Å². The summed E-state index contributed by atoms with van der Waals surface area (Å²) in [5.74, 6) is -3.51. The van der Waals surface area contributed by atoms with Gasteiger partial charge in [0.2, 0.25) is 5.76 Å². The minimum Gasteiger partial charge on any atom is -0.465 e. The number of para-hydroxylation sites is 1. The van der Waals surface area contributed by atoms with Gasteiger partial charge < -0.3 is 18.6 Å². The van der Waals surface area contributed by atoms with Crippen LogP contribution in [-0.4, -0.2) is 37.7 Å². The van der Waals surface area contributed by atoms with E-state index in [1.54, 1.807) is 39.0 Å². The van der Waals surface area contributed by atoms with Gasteiger partial charge in [0.1, 0.15) is 0 Å². The second-order valence-corrected chi connectivity index (χ2v) is 5.91. The van der Waals surface area contributed by atoms with Gasteiger partial charge in [-0.3, -0.25) is 9.59 Å². The lowest BCUT2D eigenvalue weighted by Gasteiger charge is -2.14. The fourth-order valence-corrected chi connectivity index (χ4v) is 2.87. The first-order chi connectivity index (χ1) is 12.9. The van der Waals surface area contributed by atoms with E-state index in [4.69, 9.17) is 30.2 Å². The number of halogens is 1. The predicted octanol–water partition coefficient (Wildman–Crippen LogP) is 3.55. The van der Waals surface area contributed by atoms with Gasteiger partial charge in [-0.05, 0) is 26.8 Å². The van der Waals surface area contributed by atoms with Crippen LogP contribution in [0, 0.1) is 5.92 Å². The highest BCUT2D eigenvalue weighted by atomic mass is 35.5. The summed E-state index contributed by atoms with van der Waals surface area (Å²) in [5, 5.41) is 0.817. The Hall–Kier alpha value is -2.54. The molecule has 0 fully saturated rings. The monoisotopic (exact) mass is 396 g/mol. The maximum absolute atomic E-state index is 12.3. The summed E-state index contributed by atoms with van der Waals surface area (Å²) in [4.78, 5) is 36.9. The van der Waals surface area contributed by atoms with Gasteiger partial charge in [0.15, 0.2) is 11.5 Å². The second kappa shape index (κ2) is 9.41. The summed E-state index contributed by atoms with van der Waals surface area (Å²) in [6.07, 6.45) is -0.140. The molecular formula is C19H21ClO7. The topological polar surface area (TPSA) is 92.0 Å². The van der Waals surface area contributed by atoms with Crippen LogP contribution in [0.4, 0.5) is 0 Å². The van der Waals surface area contributed by atoms with E-state index >= 15 is 0 Å². The van der Waals surface area contributed by atoms with Crippen LogP contribution in [0.3, 0.4) is 0 Å². The van der Waals surface area contributed by atoms with E-state index in [-0.39, 0.29) is 37.6 Å². The van der Waals surface area contributed by atoms with Crippen LogP contribution in [0.15, 0.2) is 22.6 Å². The molecule has 8 heteroatoms. The van der Waals surface area contributed by atoms with E-state index in [0.29, 0.717) is 16.0 Å². The molecule has 0 amide bonds. The lowest BCUT2D eigenvalue weighted by atomic mass is 9.96. The molecule has 1 heterocycles. The first kappa shape index (κ1) is 20.8. The van der Waals surface area contributed by atoms with Crippen LogP contribution in [0.2, 0.25) is 5.02 Å². The average Bonchev–Trinajstić information content (AvgIpc) is 3.00. The Morgan fingerprint density at radius 3 is 2.15 bits per heavy atom. The first-order valence-electron chi connectivity index (χ1n) is 8.64. The summed E-state index contributed by atoms with van der Waals surface area (Å²) < 4.78 is 20.6. The third-order valence-corrected chi connectivity index (χ3v) is 4.08. The standard InChI is InChI=1S/C19H21ClO7/c1-4-24-17(21)13(18(22)25-5-2)10-12-11-8-7-9-14(20)15(11)27-16(12)19(23)26-6-3/h7-9,13H,4-6,10H2,1-3H3. The third kappa shape index (κ3) is 4.60. The summed E-state index contributed by atoms with van der Waals surface area (Å²) in [5.41, 5.74) is 0.626. The van der Waals surface area contributed by atoms with Gasteiger partial charge in [-0.25, -0.2) is 4.79 Å². The molecule has 146 valence electrons. The molecule has 7 nitrogen and oxygen atoms in total. The average molecular weight is 397 g/mol. The molecule has 1 aromatic carbocycles. The number of fused-ring (bicyclic) bond motifs is 1. The molecule has 0 atom stereocenters.